The van der Waals surface area contributed by atoms with Gasteiger partial charge >= 0.3 is 0 Å². The van der Waals surface area contributed by atoms with Crippen molar-refractivity contribution in [2.45, 2.75) is 13.0 Å². The van der Waals surface area contributed by atoms with Crippen molar-refractivity contribution in [2.75, 3.05) is 0 Å². The van der Waals surface area contributed by atoms with Gasteiger partial charge < -0.3 is 4.74 Å². The zero-order valence-corrected chi connectivity index (χ0v) is 8.28. The molecule has 1 aromatic carbocycles. The number of carbonyl (C=O) groups excluding carboxylic acids is 1. The highest BCUT2D eigenvalue weighted by molar-refractivity contribution is 6.64. The summed E-state index contributed by atoms with van der Waals surface area (Å²) in [6.07, 6.45) is -0.744. The van der Waals surface area contributed by atoms with E-state index < -0.39 is 11.3 Å². The van der Waals surface area contributed by atoms with Gasteiger partial charge in [-0.1, -0.05) is 12.1 Å². The van der Waals surface area contributed by atoms with Crippen molar-refractivity contribution in [3.8, 4) is 11.8 Å². The second-order valence-corrected chi connectivity index (χ2v) is 3.04. The predicted molar refractivity (Wildman–Crippen MR) is 52.1 cm³/mol. The maximum absolute atomic E-state index is 10.7. The summed E-state index contributed by atoms with van der Waals surface area (Å²) in [5.41, 5.74) is 0.386. The second-order valence-electron chi connectivity index (χ2n) is 2.67. The van der Waals surface area contributed by atoms with Gasteiger partial charge in [0.15, 0.2) is 6.10 Å². The molecule has 0 heterocycles. The molecule has 72 valence electrons. The molecule has 0 N–H and O–H groups in total. The number of hydrogen-bond donors (Lipinski definition) is 0. The minimum absolute atomic E-state index is 0.372. The van der Waals surface area contributed by atoms with Crippen LogP contribution in [-0.2, 0) is 4.79 Å². The Bertz CT molecular complexity index is 384. The Morgan fingerprint density at radius 3 is 2.79 bits per heavy atom. The highest BCUT2D eigenvalue weighted by atomic mass is 35.5. The number of ether oxygens (including phenoxy) is 1. The van der Waals surface area contributed by atoms with E-state index in [1.165, 1.54) is 6.92 Å². The Morgan fingerprint density at radius 2 is 2.21 bits per heavy atom. The fourth-order valence-electron chi connectivity index (χ4n) is 0.899. The summed E-state index contributed by atoms with van der Waals surface area (Å²) >= 11 is 5.23. The van der Waals surface area contributed by atoms with Crippen LogP contribution in [0.5, 0.6) is 5.75 Å². The molecule has 3 nitrogen and oxygen atoms in total. The summed E-state index contributed by atoms with van der Waals surface area (Å²) < 4.78 is 5.19. The lowest BCUT2D eigenvalue weighted by atomic mass is 10.2. The molecule has 1 unspecified atom stereocenters. The van der Waals surface area contributed by atoms with Crippen LogP contribution in [0.2, 0.25) is 0 Å². The van der Waals surface area contributed by atoms with Gasteiger partial charge in [-0.2, -0.15) is 5.26 Å². The molecule has 0 fully saturated rings. The van der Waals surface area contributed by atoms with Crippen LogP contribution in [0.1, 0.15) is 12.5 Å². The molecule has 0 amide bonds. The van der Waals surface area contributed by atoms with Gasteiger partial charge in [-0.3, -0.25) is 4.79 Å². The van der Waals surface area contributed by atoms with Gasteiger partial charge in [-0.05, 0) is 30.7 Å². The van der Waals surface area contributed by atoms with Crippen LogP contribution in [0.15, 0.2) is 24.3 Å². The molecule has 0 aliphatic heterocycles. The van der Waals surface area contributed by atoms with Crippen LogP contribution in [0.25, 0.3) is 0 Å². The molecule has 14 heavy (non-hydrogen) atoms. The number of benzene rings is 1. The van der Waals surface area contributed by atoms with Gasteiger partial charge in [0.25, 0.3) is 5.24 Å². The first-order valence-electron chi connectivity index (χ1n) is 4.00. The van der Waals surface area contributed by atoms with E-state index in [2.05, 4.69) is 0 Å². The van der Waals surface area contributed by atoms with Crippen molar-refractivity contribution in [1.29, 1.82) is 5.26 Å². The monoisotopic (exact) mass is 209 g/mol. The summed E-state index contributed by atoms with van der Waals surface area (Å²) in [6, 6.07) is 8.64. The molecule has 0 aliphatic carbocycles. The Labute approximate surface area is 86.9 Å². The minimum Gasteiger partial charge on any atom is -0.480 e. The third-order valence-electron chi connectivity index (χ3n) is 1.63. The highest BCUT2D eigenvalue weighted by Gasteiger charge is 2.13. The third-order valence-corrected chi connectivity index (χ3v) is 1.94. The number of nitrogens with zero attached hydrogens (tertiary/aromatic N) is 1. The Balaban J connectivity index is 2.87. The van der Waals surface area contributed by atoms with E-state index in [-0.39, 0.29) is 0 Å². The Hall–Kier alpha value is -1.53. The molecule has 1 atom stereocenters. The average molecular weight is 210 g/mol. The lowest BCUT2D eigenvalue weighted by Crippen LogP contribution is -2.19. The number of carbonyl (C=O) groups is 1. The van der Waals surface area contributed by atoms with E-state index in [4.69, 9.17) is 21.6 Å². The Kier molecular flexibility index (Phi) is 3.49. The number of para-hydroxylation sites is 1. The van der Waals surface area contributed by atoms with Gasteiger partial charge in [-0.15, -0.1) is 0 Å². The van der Waals surface area contributed by atoms with E-state index in [9.17, 15) is 4.79 Å². The van der Waals surface area contributed by atoms with Crippen molar-refractivity contribution in [2.24, 2.45) is 0 Å². The van der Waals surface area contributed by atoms with E-state index in [1.807, 2.05) is 6.07 Å². The van der Waals surface area contributed by atoms with Crippen LogP contribution >= 0.6 is 11.6 Å². The number of halogens is 1. The van der Waals surface area contributed by atoms with E-state index in [0.717, 1.165) is 0 Å². The summed E-state index contributed by atoms with van der Waals surface area (Å²) in [5, 5.41) is 8.14. The SMILES string of the molecule is CC(Oc1ccccc1C#N)C(=O)Cl. The first-order chi connectivity index (χ1) is 6.65. The molecule has 0 aromatic heterocycles. The van der Waals surface area contributed by atoms with Crippen molar-refractivity contribution in [3.63, 3.8) is 0 Å². The maximum atomic E-state index is 10.7. The van der Waals surface area contributed by atoms with Gasteiger partial charge in [0.05, 0.1) is 5.56 Å². The van der Waals surface area contributed by atoms with Crippen LogP contribution in [0.4, 0.5) is 0 Å². The predicted octanol–water partition coefficient (Wildman–Crippen LogP) is 2.09. The summed E-state index contributed by atoms with van der Waals surface area (Å²) in [6.45, 7) is 1.53. The first-order valence-corrected chi connectivity index (χ1v) is 4.38. The summed E-state index contributed by atoms with van der Waals surface area (Å²) in [4.78, 5) is 10.7. The lowest BCUT2D eigenvalue weighted by Gasteiger charge is -2.10. The van der Waals surface area contributed by atoms with Crippen molar-refractivity contribution < 1.29 is 9.53 Å². The molecular formula is C10H8ClNO2. The van der Waals surface area contributed by atoms with Crippen molar-refractivity contribution in [3.05, 3.63) is 29.8 Å². The molecule has 0 aliphatic rings. The highest BCUT2D eigenvalue weighted by Crippen LogP contribution is 2.18. The van der Waals surface area contributed by atoms with Crippen LogP contribution < -0.4 is 4.74 Å². The fraction of sp³-hybridized carbons (Fsp3) is 0.200. The smallest absolute Gasteiger partial charge is 0.262 e. The summed E-state index contributed by atoms with van der Waals surface area (Å²) in [5.74, 6) is 0.372. The molecule has 0 saturated heterocycles. The minimum atomic E-state index is -0.744. The topological polar surface area (TPSA) is 50.1 Å². The fourth-order valence-corrected chi connectivity index (χ4v) is 0.943. The zero-order chi connectivity index (χ0) is 10.6. The van der Waals surface area contributed by atoms with Crippen molar-refractivity contribution in [1.82, 2.24) is 0 Å². The third kappa shape index (κ3) is 2.48. The Morgan fingerprint density at radius 1 is 1.57 bits per heavy atom. The second kappa shape index (κ2) is 4.64. The quantitative estimate of drug-likeness (QED) is 0.717. The largest absolute Gasteiger partial charge is 0.480 e. The zero-order valence-electron chi connectivity index (χ0n) is 7.53. The number of nitriles is 1. The molecule has 1 aromatic rings. The molecule has 0 bridgehead atoms. The molecule has 0 saturated carbocycles. The van der Waals surface area contributed by atoms with Crippen molar-refractivity contribution >= 4 is 16.8 Å². The summed E-state index contributed by atoms with van der Waals surface area (Å²) in [7, 11) is 0. The van der Waals surface area contributed by atoms with Crippen LogP contribution in [-0.4, -0.2) is 11.3 Å². The lowest BCUT2D eigenvalue weighted by molar-refractivity contribution is -0.117. The van der Waals surface area contributed by atoms with Gasteiger partial charge in [0.1, 0.15) is 11.8 Å². The van der Waals surface area contributed by atoms with Crippen LogP contribution in [0, 0.1) is 11.3 Å². The molecular weight excluding hydrogens is 202 g/mol. The first kappa shape index (κ1) is 10.6. The standard InChI is InChI=1S/C10H8ClNO2/c1-7(10(11)13)14-9-5-3-2-4-8(9)6-12/h2-5,7H,1H3. The molecule has 0 radical (unpaired) electrons. The van der Waals surface area contributed by atoms with Gasteiger partial charge in [-0.25, -0.2) is 0 Å². The van der Waals surface area contributed by atoms with E-state index in [1.54, 1.807) is 24.3 Å². The van der Waals surface area contributed by atoms with E-state index in [0.29, 0.717) is 11.3 Å². The average Bonchev–Trinajstić information content (AvgIpc) is 2.18. The van der Waals surface area contributed by atoms with Gasteiger partial charge in [0.2, 0.25) is 0 Å². The number of rotatable bonds is 3. The van der Waals surface area contributed by atoms with Crippen LogP contribution in [0.3, 0.4) is 0 Å². The van der Waals surface area contributed by atoms with Gasteiger partial charge in [0, 0.05) is 0 Å². The molecule has 1 rings (SSSR count). The maximum Gasteiger partial charge on any atom is 0.262 e. The normalized spacial score (nSPS) is 11.5. The molecule has 0 spiro atoms. The number of hydrogen-bond acceptors (Lipinski definition) is 3. The molecule has 4 heteroatoms. The van der Waals surface area contributed by atoms with E-state index >= 15 is 0 Å².